The zero-order chi connectivity index (χ0) is 10.8. The molecule has 82 valence electrons. The van der Waals surface area contributed by atoms with Gasteiger partial charge in [0.2, 0.25) is 0 Å². The molecule has 0 saturated carbocycles. The number of benzene rings is 1. The first-order valence-corrected chi connectivity index (χ1v) is 5.17. The van der Waals surface area contributed by atoms with Crippen LogP contribution in [0.2, 0.25) is 0 Å². The Hall–Kier alpha value is -1.26. The number of nitrogens with two attached hydrogens (primary N) is 1. The van der Waals surface area contributed by atoms with E-state index in [4.69, 9.17) is 5.73 Å². The lowest BCUT2D eigenvalue weighted by atomic mass is 9.94. The summed E-state index contributed by atoms with van der Waals surface area (Å²) < 4.78 is 0. The van der Waals surface area contributed by atoms with Crippen LogP contribution < -0.4 is 11.1 Å². The number of hydrogen-bond acceptors (Lipinski definition) is 4. The predicted octanol–water partition coefficient (Wildman–Crippen LogP) is 0.850. The Morgan fingerprint density at radius 3 is 2.73 bits per heavy atom. The molecule has 0 spiro atoms. The Kier molecular flexibility index (Phi) is 2.79. The van der Waals surface area contributed by atoms with E-state index >= 15 is 0 Å². The molecule has 0 bridgehead atoms. The van der Waals surface area contributed by atoms with Crippen molar-refractivity contribution >= 4 is 0 Å². The highest BCUT2D eigenvalue weighted by atomic mass is 16.3. The minimum absolute atomic E-state index is 0.0755. The first-order chi connectivity index (χ1) is 7.16. The Balaban J connectivity index is 2.18. The number of hydrogen-bond donors (Lipinski definition) is 4. The summed E-state index contributed by atoms with van der Waals surface area (Å²) in [5.41, 5.74) is 6.85. The van der Waals surface area contributed by atoms with E-state index in [1.54, 1.807) is 6.07 Å². The normalized spacial score (nSPS) is 26.5. The Morgan fingerprint density at radius 1 is 1.27 bits per heavy atom. The summed E-state index contributed by atoms with van der Waals surface area (Å²) in [6.07, 6.45) is 1.85. The molecule has 0 radical (unpaired) electrons. The third-order valence-corrected chi connectivity index (χ3v) is 2.85. The van der Waals surface area contributed by atoms with Crippen LogP contribution in [0.4, 0.5) is 0 Å². The summed E-state index contributed by atoms with van der Waals surface area (Å²) in [4.78, 5) is 0. The van der Waals surface area contributed by atoms with Crippen molar-refractivity contribution in [2.75, 3.05) is 6.54 Å². The first-order valence-electron chi connectivity index (χ1n) is 5.17. The van der Waals surface area contributed by atoms with Crippen molar-refractivity contribution in [3.63, 3.8) is 0 Å². The summed E-state index contributed by atoms with van der Waals surface area (Å²) in [6.45, 7) is 0.896. The van der Waals surface area contributed by atoms with Crippen LogP contribution in [-0.2, 0) is 0 Å². The zero-order valence-corrected chi connectivity index (χ0v) is 8.48. The fraction of sp³-hybridized carbons (Fsp3) is 0.455. The third kappa shape index (κ3) is 2.22. The van der Waals surface area contributed by atoms with Gasteiger partial charge in [-0.1, -0.05) is 6.07 Å². The van der Waals surface area contributed by atoms with Gasteiger partial charge in [-0.2, -0.15) is 0 Å². The van der Waals surface area contributed by atoms with E-state index in [2.05, 4.69) is 5.32 Å². The summed E-state index contributed by atoms with van der Waals surface area (Å²) in [7, 11) is 0. The van der Waals surface area contributed by atoms with Crippen molar-refractivity contribution in [1.29, 1.82) is 0 Å². The second-order valence-corrected chi connectivity index (χ2v) is 4.04. The molecular weight excluding hydrogens is 192 g/mol. The van der Waals surface area contributed by atoms with Gasteiger partial charge in [-0.25, -0.2) is 0 Å². The molecule has 1 aliphatic rings. The highest BCUT2D eigenvalue weighted by Crippen LogP contribution is 2.30. The highest BCUT2D eigenvalue weighted by molar-refractivity contribution is 5.41. The molecule has 1 heterocycles. The van der Waals surface area contributed by atoms with Crippen LogP contribution in [0.15, 0.2) is 18.2 Å². The van der Waals surface area contributed by atoms with Crippen molar-refractivity contribution in [1.82, 2.24) is 5.32 Å². The summed E-state index contributed by atoms with van der Waals surface area (Å²) in [5, 5.41) is 21.9. The molecule has 15 heavy (non-hydrogen) atoms. The van der Waals surface area contributed by atoms with E-state index < -0.39 is 0 Å². The van der Waals surface area contributed by atoms with Crippen LogP contribution in [-0.4, -0.2) is 22.8 Å². The average molecular weight is 208 g/mol. The molecule has 0 aromatic heterocycles. The monoisotopic (exact) mass is 208 g/mol. The second-order valence-electron chi connectivity index (χ2n) is 4.04. The van der Waals surface area contributed by atoms with Crippen molar-refractivity contribution in [3.05, 3.63) is 23.8 Å². The third-order valence-electron chi connectivity index (χ3n) is 2.85. The maximum atomic E-state index is 9.39. The fourth-order valence-electron chi connectivity index (χ4n) is 1.96. The Labute approximate surface area is 88.7 Å². The molecule has 5 N–H and O–H groups in total. The standard InChI is InChI=1S/C11H16N2O2/c12-8-3-4-13-9(6-8)7-1-2-10(14)11(15)5-7/h1-2,5,8-9,13-15H,3-4,6,12H2/t8-,9+/m1/s1. The number of phenolic OH excluding ortho intramolecular Hbond substituents is 2. The van der Waals surface area contributed by atoms with E-state index in [1.165, 1.54) is 6.07 Å². The summed E-state index contributed by atoms with van der Waals surface area (Å²) >= 11 is 0. The van der Waals surface area contributed by atoms with Gasteiger partial charge >= 0.3 is 0 Å². The van der Waals surface area contributed by atoms with Gasteiger partial charge in [0.15, 0.2) is 11.5 Å². The van der Waals surface area contributed by atoms with E-state index in [0.29, 0.717) is 0 Å². The molecule has 1 aromatic rings. The number of phenols is 2. The van der Waals surface area contributed by atoms with Crippen LogP contribution in [0.1, 0.15) is 24.4 Å². The lowest BCUT2D eigenvalue weighted by Gasteiger charge is -2.28. The largest absolute Gasteiger partial charge is 0.504 e. The molecule has 0 amide bonds. The maximum Gasteiger partial charge on any atom is 0.157 e. The van der Waals surface area contributed by atoms with E-state index in [1.807, 2.05) is 6.07 Å². The Bertz CT molecular complexity index is 354. The lowest BCUT2D eigenvalue weighted by Crippen LogP contribution is -2.38. The van der Waals surface area contributed by atoms with Crippen LogP contribution in [0, 0.1) is 0 Å². The van der Waals surface area contributed by atoms with E-state index in [-0.39, 0.29) is 23.6 Å². The van der Waals surface area contributed by atoms with Gasteiger partial charge in [-0.15, -0.1) is 0 Å². The second kappa shape index (κ2) is 4.08. The minimum atomic E-state index is -0.0844. The Morgan fingerprint density at radius 2 is 2.07 bits per heavy atom. The zero-order valence-electron chi connectivity index (χ0n) is 8.48. The summed E-state index contributed by atoms with van der Waals surface area (Å²) in [5.74, 6) is -0.160. The van der Waals surface area contributed by atoms with E-state index in [0.717, 1.165) is 24.9 Å². The molecule has 1 saturated heterocycles. The number of aromatic hydroxyl groups is 2. The van der Waals surface area contributed by atoms with Crippen molar-refractivity contribution in [3.8, 4) is 11.5 Å². The average Bonchev–Trinajstić information content (AvgIpc) is 2.22. The van der Waals surface area contributed by atoms with Gasteiger partial charge in [0, 0.05) is 12.1 Å². The first kappa shape index (κ1) is 10.3. The van der Waals surface area contributed by atoms with Gasteiger partial charge < -0.3 is 21.3 Å². The summed E-state index contributed by atoms with van der Waals surface area (Å²) in [6, 6.07) is 5.30. The van der Waals surface area contributed by atoms with Crippen LogP contribution >= 0.6 is 0 Å². The van der Waals surface area contributed by atoms with Crippen molar-refractivity contribution in [2.45, 2.75) is 24.9 Å². The van der Waals surface area contributed by atoms with Crippen LogP contribution in [0.5, 0.6) is 11.5 Å². The van der Waals surface area contributed by atoms with Crippen molar-refractivity contribution in [2.24, 2.45) is 5.73 Å². The van der Waals surface area contributed by atoms with Gasteiger partial charge in [-0.05, 0) is 37.1 Å². The maximum absolute atomic E-state index is 9.39. The molecule has 2 rings (SSSR count). The van der Waals surface area contributed by atoms with Gasteiger partial charge in [0.05, 0.1) is 0 Å². The molecule has 2 atom stereocenters. The topological polar surface area (TPSA) is 78.5 Å². The molecule has 1 fully saturated rings. The lowest BCUT2D eigenvalue weighted by molar-refractivity contribution is 0.365. The smallest absolute Gasteiger partial charge is 0.157 e. The van der Waals surface area contributed by atoms with Gasteiger partial charge in [0.25, 0.3) is 0 Å². The molecule has 0 aliphatic carbocycles. The van der Waals surface area contributed by atoms with Crippen molar-refractivity contribution < 1.29 is 10.2 Å². The SMILES string of the molecule is N[C@@H]1CCN[C@H](c2ccc(O)c(O)c2)C1. The molecule has 1 aliphatic heterocycles. The molecule has 4 heteroatoms. The molecule has 0 unspecified atom stereocenters. The quantitative estimate of drug-likeness (QED) is 0.516. The highest BCUT2D eigenvalue weighted by Gasteiger charge is 2.20. The molecule has 1 aromatic carbocycles. The van der Waals surface area contributed by atoms with E-state index in [9.17, 15) is 10.2 Å². The van der Waals surface area contributed by atoms with Crippen LogP contribution in [0.3, 0.4) is 0 Å². The fourth-order valence-corrected chi connectivity index (χ4v) is 1.96. The van der Waals surface area contributed by atoms with Gasteiger partial charge in [-0.3, -0.25) is 0 Å². The minimum Gasteiger partial charge on any atom is -0.504 e. The molecular formula is C11H16N2O2. The molecule has 4 nitrogen and oxygen atoms in total. The van der Waals surface area contributed by atoms with Crippen LogP contribution in [0.25, 0.3) is 0 Å². The number of nitrogens with one attached hydrogen (secondary N) is 1. The predicted molar refractivity (Wildman–Crippen MR) is 57.7 cm³/mol. The van der Waals surface area contributed by atoms with Gasteiger partial charge in [0.1, 0.15) is 0 Å². The number of piperidine rings is 1. The number of rotatable bonds is 1.